The molecular formula is C24H26BrN5O3. The van der Waals surface area contributed by atoms with Crippen LogP contribution in [0.25, 0.3) is 0 Å². The monoisotopic (exact) mass is 511 g/mol. The number of ether oxygens (including phenoxy) is 2. The van der Waals surface area contributed by atoms with Crippen molar-refractivity contribution >= 4 is 33.5 Å². The van der Waals surface area contributed by atoms with Crippen LogP contribution in [-0.2, 0) is 4.79 Å². The third-order valence-corrected chi connectivity index (χ3v) is 6.11. The van der Waals surface area contributed by atoms with Gasteiger partial charge in [0.2, 0.25) is 5.95 Å². The van der Waals surface area contributed by atoms with Crippen molar-refractivity contribution in [2.45, 2.75) is 33.7 Å². The number of nitrogens with one attached hydrogen (secondary N) is 2. The van der Waals surface area contributed by atoms with Gasteiger partial charge in [0.1, 0.15) is 12.4 Å². The van der Waals surface area contributed by atoms with E-state index in [-0.39, 0.29) is 5.91 Å². The molecule has 0 bridgehead atoms. The van der Waals surface area contributed by atoms with Crippen molar-refractivity contribution in [1.29, 1.82) is 0 Å². The average molecular weight is 512 g/mol. The van der Waals surface area contributed by atoms with Gasteiger partial charge in [-0.2, -0.15) is 10.1 Å². The normalized spacial score (nSPS) is 15.0. The average Bonchev–Trinajstić information content (AvgIpc) is 3.23. The number of carbonyl (C=O) groups excluding carboxylic acids is 1. The van der Waals surface area contributed by atoms with E-state index in [1.165, 1.54) is 6.33 Å². The van der Waals surface area contributed by atoms with E-state index in [1.807, 2.05) is 58.0 Å². The molecule has 1 unspecified atom stereocenters. The quantitative estimate of drug-likeness (QED) is 0.484. The molecular weight excluding hydrogens is 486 g/mol. The summed E-state index contributed by atoms with van der Waals surface area (Å²) in [7, 11) is 1.59. The molecule has 1 aromatic heterocycles. The van der Waals surface area contributed by atoms with E-state index in [0.29, 0.717) is 35.3 Å². The number of anilines is 2. The zero-order valence-corrected chi connectivity index (χ0v) is 20.8. The molecule has 1 aliphatic heterocycles. The van der Waals surface area contributed by atoms with Gasteiger partial charge in [-0.3, -0.25) is 4.79 Å². The first-order valence-corrected chi connectivity index (χ1v) is 11.4. The predicted octanol–water partition coefficient (Wildman–Crippen LogP) is 4.99. The number of halogens is 1. The molecule has 2 N–H and O–H groups in total. The lowest BCUT2D eigenvalue weighted by molar-refractivity contribution is -0.113. The van der Waals surface area contributed by atoms with Gasteiger partial charge in [0, 0.05) is 11.4 Å². The highest BCUT2D eigenvalue weighted by Crippen LogP contribution is 2.42. The molecule has 0 spiro atoms. The first-order valence-electron chi connectivity index (χ1n) is 10.6. The molecule has 0 radical (unpaired) electrons. The summed E-state index contributed by atoms with van der Waals surface area (Å²) < 4.78 is 13.8. The van der Waals surface area contributed by atoms with Crippen molar-refractivity contribution in [2.75, 3.05) is 24.4 Å². The molecule has 3 aromatic rings. The number of hydrogen-bond acceptors (Lipinski definition) is 6. The van der Waals surface area contributed by atoms with Gasteiger partial charge in [-0.25, -0.2) is 4.68 Å². The van der Waals surface area contributed by atoms with E-state index in [2.05, 4.69) is 36.6 Å². The van der Waals surface area contributed by atoms with E-state index >= 15 is 0 Å². The second-order valence-corrected chi connectivity index (χ2v) is 8.69. The van der Waals surface area contributed by atoms with Crippen LogP contribution in [0, 0.1) is 13.8 Å². The summed E-state index contributed by atoms with van der Waals surface area (Å²) in [6.07, 6.45) is 1.47. The SMILES string of the molecule is CCOc1c(Br)cc(C2C(C(=O)Nc3ccc(C)cc3C)=C(C)Nc3ncnn32)cc1OC. The second kappa shape index (κ2) is 9.27. The van der Waals surface area contributed by atoms with Gasteiger partial charge in [0.25, 0.3) is 5.91 Å². The van der Waals surface area contributed by atoms with Gasteiger partial charge in [0.15, 0.2) is 11.5 Å². The van der Waals surface area contributed by atoms with E-state index in [0.717, 1.165) is 26.9 Å². The Morgan fingerprint density at radius 1 is 1.24 bits per heavy atom. The predicted molar refractivity (Wildman–Crippen MR) is 131 cm³/mol. The first kappa shape index (κ1) is 22.8. The maximum absolute atomic E-state index is 13.6. The van der Waals surface area contributed by atoms with Crippen LogP contribution in [0.3, 0.4) is 0 Å². The topological polar surface area (TPSA) is 90.3 Å². The van der Waals surface area contributed by atoms with Crippen LogP contribution in [0.5, 0.6) is 11.5 Å². The third-order valence-electron chi connectivity index (χ3n) is 5.53. The fourth-order valence-electron chi connectivity index (χ4n) is 4.02. The summed E-state index contributed by atoms with van der Waals surface area (Å²) in [5.41, 5.74) is 4.93. The van der Waals surface area contributed by atoms with Crippen LogP contribution >= 0.6 is 15.9 Å². The van der Waals surface area contributed by atoms with Crippen molar-refractivity contribution in [3.63, 3.8) is 0 Å². The van der Waals surface area contributed by atoms with Crippen molar-refractivity contribution in [2.24, 2.45) is 0 Å². The van der Waals surface area contributed by atoms with Gasteiger partial charge >= 0.3 is 0 Å². The van der Waals surface area contributed by atoms with Crippen molar-refractivity contribution in [3.8, 4) is 11.5 Å². The minimum Gasteiger partial charge on any atom is -0.493 e. The van der Waals surface area contributed by atoms with E-state index < -0.39 is 6.04 Å². The Hall–Kier alpha value is -3.33. The van der Waals surface area contributed by atoms with Crippen LogP contribution in [0.2, 0.25) is 0 Å². The van der Waals surface area contributed by atoms with Gasteiger partial charge in [-0.1, -0.05) is 17.7 Å². The second-order valence-electron chi connectivity index (χ2n) is 7.83. The van der Waals surface area contributed by atoms with Crippen LogP contribution in [0.1, 0.15) is 36.6 Å². The molecule has 2 heterocycles. The molecule has 9 heteroatoms. The van der Waals surface area contributed by atoms with E-state index in [1.54, 1.807) is 11.8 Å². The number of amides is 1. The molecule has 0 fully saturated rings. The van der Waals surface area contributed by atoms with Gasteiger partial charge < -0.3 is 20.1 Å². The number of benzene rings is 2. The molecule has 2 aromatic carbocycles. The number of methoxy groups -OCH3 is 1. The third kappa shape index (κ3) is 4.32. The van der Waals surface area contributed by atoms with Crippen LogP contribution < -0.4 is 20.1 Å². The Labute approximate surface area is 201 Å². The lowest BCUT2D eigenvalue weighted by atomic mass is 9.94. The maximum Gasteiger partial charge on any atom is 0.255 e. The summed E-state index contributed by atoms with van der Waals surface area (Å²) in [6, 6.07) is 9.21. The largest absolute Gasteiger partial charge is 0.493 e. The fraction of sp³-hybridized carbons (Fsp3) is 0.292. The van der Waals surface area contributed by atoms with Gasteiger partial charge in [0.05, 0.1) is 23.8 Å². The summed E-state index contributed by atoms with van der Waals surface area (Å²) in [5, 5.41) is 10.7. The molecule has 33 heavy (non-hydrogen) atoms. The Morgan fingerprint density at radius 2 is 2.03 bits per heavy atom. The van der Waals surface area contributed by atoms with Crippen molar-refractivity contribution in [1.82, 2.24) is 14.8 Å². The molecule has 8 nitrogen and oxygen atoms in total. The van der Waals surface area contributed by atoms with Crippen molar-refractivity contribution < 1.29 is 14.3 Å². The summed E-state index contributed by atoms with van der Waals surface area (Å²) >= 11 is 3.60. The van der Waals surface area contributed by atoms with Crippen LogP contribution in [-0.4, -0.2) is 34.4 Å². The number of hydrogen-bond donors (Lipinski definition) is 2. The first-order chi connectivity index (χ1) is 15.8. The number of nitrogens with zero attached hydrogens (tertiary/aromatic N) is 3. The molecule has 0 saturated heterocycles. The molecule has 1 atom stereocenters. The Morgan fingerprint density at radius 3 is 2.73 bits per heavy atom. The number of aryl methyl sites for hydroxylation is 2. The number of aromatic nitrogens is 3. The molecule has 1 aliphatic rings. The Kier molecular flexibility index (Phi) is 6.42. The minimum absolute atomic E-state index is 0.220. The van der Waals surface area contributed by atoms with Crippen LogP contribution in [0.15, 0.2) is 52.4 Å². The fourth-order valence-corrected chi connectivity index (χ4v) is 4.59. The maximum atomic E-state index is 13.6. The lowest BCUT2D eigenvalue weighted by Crippen LogP contribution is -2.31. The highest BCUT2D eigenvalue weighted by Gasteiger charge is 2.34. The number of allylic oxidation sites excluding steroid dienone is 1. The molecule has 0 saturated carbocycles. The highest BCUT2D eigenvalue weighted by molar-refractivity contribution is 9.10. The Bertz CT molecular complexity index is 1250. The summed E-state index contributed by atoms with van der Waals surface area (Å²) in [6.45, 7) is 8.27. The number of rotatable bonds is 6. The number of carbonyl (C=O) groups is 1. The molecule has 172 valence electrons. The number of fused-ring (bicyclic) bond motifs is 1. The molecule has 1 amide bonds. The summed E-state index contributed by atoms with van der Waals surface area (Å²) in [4.78, 5) is 17.9. The highest BCUT2D eigenvalue weighted by atomic mass is 79.9. The lowest BCUT2D eigenvalue weighted by Gasteiger charge is -2.29. The molecule has 0 aliphatic carbocycles. The minimum atomic E-state index is -0.518. The Balaban J connectivity index is 1.81. The molecule has 4 rings (SSSR count). The zero-order chi connectivity index (χ0) is 23.7. The van der Waals surface area contributed by atoms with E-state index in [4.69, 9.17) is 9.47 Å². The van der Waals surface area contributed by atoms with Crippen molar-refractivity contribution in [3.05, 3.63) is 69.1 Å². The zero-order valence-electron chi connectivity index (χ0n) is 19.2. The van der Waals surface area contributed by atoms with E-state index in [9.17, 15) is 4.79 Å². The summed E-state index contributed by atoms with van der Waals surface area (Å²) in [5.74, 6) is 1.51. The van der Waals surface area contributed by atoms with Gasteiger partial charge in [-0.05, 0) is 73.0 Å². The van der Waals surface area contributed by atoms with Crippen LogP contribution in [0.4, 0.5) is 11.6 Å². The smallest absolute Gasteiger partial charge is 0.255 e. The van der Waals surface area contributed by atoms with Gasteiger partial charge in [-0.15, -0.1) is 0 Å². The standard InChI is InChI=1S/C24H26BrN5O3/c1-6-33-22-17(25)10-16(11-19(22)32-5)21-20(15(4)28-24-26-12-27-30(21)24)23(31)29-18-8-7-13(2)9-14(18)3/h7-12,21H,6H2,1-5H3,(H,29,31)(H,26,27,28).